The van der Waals surface area contributed by atoms with Gasteiger partial charge in [-0.3, -0.25) is 9.48 Å². The Morgan fingerprint density at radius 1 is 1.14 bits per heavy atom. The van der Waals surface area contributed by atoms with Crippen LogP contribution in [0.2, 0.25) is 0 Å². The lowest BCUT2D eigenvalue weighted by atomic mass is 10.1. The maximum atomic E-state index is 12.7. The molecule has 0 aliphatic carbocycles. The second-order valence-corrected chi connectivity index (χ2v) is 7.11. The third-order valence-electron chi connectivity index (χ3n) is 4.80. The topological polar surface area (TPSA) is 75.6 Å². The molecule has 1 atom stereocenters. The summed E-state index contributed by atoms with van der Waals surface area (Å²) in [6.07, 6.45) is 0.742. The highest BCUT2D eigenvalue weighted by Crippen LogP contribution is 2.20. The third-order valence-corrected chi connectivity index (χ3v) is 4.80. The number of hydrogen-bond donors (Lipinski definition) is 2. The van der Waals surface area contributed by atoms with Crippen molar-refractivity contribution in [1.82, 2.24) is 19.7 Å². The van der Waals surface area contributed by atoms with Gasteiger partial charge in [0.1, 0.15) is 11.9 Å². The van der Waals surface area contributed by atoms with Crippen LogP contribution in [0.1, 0.15) is 35.7 Å². The number of aryl methyl sites for hydroxylation is 2. The van der Waals surface area contributed by atoms with Gasteiger partial charge < -0.3 is 10.3 Å². The third kappa shape index (κ3) is 3.67. The van der Waals surface area contributed by atoms with Crippen molar-refractivity contribution in [2.45, 2.75) is 33.2 Å². The van der Waals surface area contributed by atoms with Gasteiger partial charge in [-0.2, -0.15) is 5.10 Å². The lowest BCUT2D eigenvalue weighted by molar-refractivity contribution is -0.119. The lowest BCUT2D eigenvalue weighted by Crippen LogP contribution is -2.25. The molecule has 2 heterocycles. The Labute approximate surface area is 163 Å². The summed E-state index contributed by atoms with van der Waals surface area (Å²) in [5, 5.41) is 7.39. The van der Waals surface area contributed by atoms with E-state index in [1.54, 1.807) is 4.68 Å². The lowest BCUT2D eigenvalue weighted by Gasteiger charge is -2.14. The summed E-state index contributed by atoms with van der Waals surface area (Å²) in [4.78, 5) is 20.7. The Hall–Kier alpha value is -3.41. The number of anilines is 1. The summed E-state index contributed by atoms with van der Waals surface area (Å²) >= 11 is 0. The summed E-state index contributed by atoms with van der Waals surface area (Å²) in [5.74, 6) is 0.801. The van der Waals surface area contributed by atoms with Crippen molar-refractivity contribution in [3.8, 4) is 0 Å². The number of aromatic nitrogens is 4. The first kappa shape index (κ1) is 18.0. The van der Waals surface area contributed by atoms with Gasteiger partial charge in [0.05, 0.1) is 16.7 Å². The molecule has 4 aromatic rings. The molecule has 1 amide bonds. The Morgan fingerprint density at radius 3 is 2.64 bits per heavy atom. The maximum Gasteiger partial charge on any atom is 0.248 e. The molecule has 0 spiro atoms. The highest BCUT2D eigenvalue weighted by Gasteiger charge is 2.18. The molecule has 142 valence electrons. The molecule has 0 fully saturated rings. The molecule has 4 rings (SSSR count). The van der Waals surface area contributed by atoms with E-state index in [4.69, 9.17) is 0 Å². The Morgan fingerprint density at radius 2 is 1.93 bits per heavy atom. The molecule has 2 N–H and O–H groups in total. The molecule has 0 saturated heterocycles. The van der Waals surface area contributed by atoms with Gasteiger partial charge in [0.15, 0.2) is 0 Å². The normalized spacial score (nSPS) is 12.2. The van der Waals surface area contributed by atoms with Crippen LogP contribution in [0.15, 0.2) is 54.6 Å². The van der Waals surface area contributed by atoms with Crippen LogP contribution >= 0.6 is 0 Å². The van der Waals surface area contributed by atoms with Gasteiger partial charge in [-0.1, -0.05) is 30.3 Å². The summed E-state index contributed by atoms with van der Waals surface area (Å²) in [6.45, 7) is 5.73. The quantitative estimate of drug-likeness (QED) is 0.551. The Bertz CT molecular complexity index is 1130. The molecule has 2 aromatic heterocycles. The predicted molar refractivity (Wildman–Crippen MR) is 110 cm³/mol. The van der Waals surface area contributed by atoms with E-state index < -0.39 is 0 Å². The van der Waals surface area contributed by atoms with Crippen LogP contribution in [0.5, 0.6) is 0 Å². The number of carbonyl (C=O) groups excluding carboxylic acids is 1. The smallest absolute Gasteiger partial charge is 0.248 e. The van der Waals surface area contributed by atoms with E-state index >= 15 is 0 Å². The number of rotatable bonds is 5. The van der Waals surface area contributed by atoms with Crippen LogP contribution in [-0.4, -0.2) is 25.7 Å². The first-order valence-corrected chi connectivity index (χ1v) is 9.36. The fraction of sp³-hybridized carbons (Fsp3) is 0.227. The monoisotopic (exact) mass is 373 g/mol. The zero-order valence-corrected chi connectivity index (χ0v) is 16.2. The van der Waals surface area contributed by atoms with Crippen molar-refractivity contribution in [2.24, 2.45) is 0 Å². The van der Waals surface area contributed by atoms with Crippen molar-refractivity contribution in [3.63, 3.8) is 0 Å². The molecule has 0 unspecified atom stereocenters. The summed E-state index contributed by atoms with van der Waals surface area (Å²) in [6, 6.07) is 17.5. The van der Waals surface area contributed by atoms with Crippen molar-refractivity contribution < 1.29 is 4.79 Å². The van der Waals surface area contributed by atoms with Crippen molar-refractivity contribution in [2.75, 3.05) is 5.32 Å². The predicted octanol–water partition coefficient (Wildman–Crippen LogP) is 4.17. The second kappa shape index (κ2) is 7.31. The minimum atomic E-state index is -0.389. The molecule has 28 heavy (non-hydrogen) atoms. The molecule has 0 saturated carbocycles. The molecule has 0 bridgehead atoms. The number of nitrogens with one attached hydrogen (secondary N) is 2. The summed E-state index contributed by atoms with van der Waals surface area (Å²) < 4.78 is 1.75. The fourth-order valence-corrected chi connectivity index (χ4v) is 3.41. The van der Waals surface area contributed by atoms with Gasteiger partial charge in [0.25, 0.3) is 0 Å². The minimum absolute atomic E-state index is 0.102. The van der Waals surface area contributed by atoms with Gasteiger partial charge in [0, 0.05) is 17.8 Å². The van der Waals surface area contributed by atoms with E-state index in [1.165, 1.54) is 5.56 Å². The zero-order valence-electron chi connectivity index (χ0n) is 16.2. The van der Waals surface area contributed by atoms with Crippen LogP contribution in [-0.2, 0) is 11.2 Å². The van der Waals surface area contributed by atoms with E-state index in [-0.39, 0.29) is 11.9 Å². The molecule has 6 heteroatoms. The molecule has 0 aliphatic rings. The zero-order chi connectivity index (χ0) is 19.7. The van der Waals surface area contributed by atoms with Gasteiger partial charge in [0.2, 0.25) is 5.91 Å². The standard InChI is InChI=1S/C22H23N5O/c1-14-11-15(2)27(26-14)16(3)22(28)23-18-9-10-19-20(13-18)25-21(24-19)12-17-7-5-4-6-8-17/h4-11,13,16H,12H2,1-3H3,(H,23,28)(H,24,25)/t16-/m1/s1. The molecule has 6 nitrogen and oxygen atoms in total. The van der Waals surface area contributed by atoms with E-state index in [9.17, 15) is 4.79 Å². The van der Waals surface area contributed by atoms with Crippen LogP contribution in [0.4, 0.5) is 5.69 Å². The van der Waals surface area contributed by atoms with Crippen LogP contribution in [0.3, 0.4) is 0 Å². The average Bonchev–Trinajstić information content (AvgIpc) is 3.23. The summed E-state index contributed by atoms with van der Waals surface area (Å²) in [5.41, 5.74) is 5.60. The maximum absolute atomic E-state index is 12.7. The SMILES string of the molecule is Cc1cc(C)n([C@H](C)C(=O)Nc2ccc3nc(Cc4ccccc4)[nH]c3c2)n1. The molecule has 2 aromatic carbocycles. The number of nitrogens with zero attached hydrogens (tertiary/aromatic N) is 3. The van der Waals surface area contributed by atoms with Crippen LogP contribution < -0.4 is 5.32 Å². The first-order chi connectivity index (χ1) is 13.5. The van der Waals surface area contributed by atoms with Crippen molar-refractivity contribution >= 4 is 22.6 Å². The molecular formula is C22H23N5O. The van der Waals surface area contributed by atoms with E-state index in [0.717, 1.165) is 40.4 Å². The van der Waals surface area contributed by atoms with Crippen molar-refractivity contribution in [1.29, 1.82) is 0 Å². The van der Waals surface area contributed by atoms with Gasteiger partial charge in [-0.15, -0.1) is 0 Å². The van der Waals surface area contributed by atoms with Crippen LogP contribution in [0, 0.1) is 13.8 Å². The number of hydrogen-bond acceptors (Lipinski definition) is 3. The Kier molecular flexibility index (Phi) is 4.69. The number of imidazole rings is 1. The molecule has 0 aliphatic heterocycles. The number of aromatic amines is 1. The first-order valence-electron chi connectivity index (χ1n) is 9.36. The number of amides is 1. The van der Waals surface area contributed by atoms with Crippen molar-refractivity contribution in [3.05, 3.63) is 77.4 Å². The molecule has 0 radical (unpaired) electrons. The average molecular weight is 373 g/mol. The van der Waals surface area contributed by atoms with E-state index in [2.05, 4.69) is 32.5 Å². The second-order valence-electron chi connectivity index (χ2n) is 7.11. The van der Waals surface area contributed by atoms with Gasteiger partial charge >= 0.3 is 0 Å². The highest BCUT2D eigenvalue weighted by molar-refractivity contribution is 5.95. The minimum Gasteiger partial charge on any atom is -0.342 e. The summed E-state index contributed by atoms with van der Waals surface area (Å²) in [7, 11) is 0. The van der Waals surface area contributed by atoms with E-state index in [1.807, 2.05) is 63.2 Å². The number of benzene rings is 2. The number of fused-ring (bicyclic) bond motifs is 1. The fourth-order valence-electron chi connectivity index (χ4n) is 3.41. The van der Waals surface area contributed by atoms with Crippen LogP contribution in [0.25, 0.3) is 11.0 Å². The highest BCUT2D eigenvalue weighted by atomic mass is 16.2. The largest absolute Gasteiger partial charge is 0.342 e. The Balaban J connectivity index is 1.51. The number of H-pyrrole nitrogens is 1. The van der Waals surface area contributed by atoms with E-state index in [0.29, 0.717) is 0 Å². The van der Waals surface area contributed by atoms with Gasteiger partial charge in [-0.25, -0.2) is 4.98 Å². The number of carbonyl (C=O) groups is 1. The molecular weight excluding hydrogens is 350 g/mol. The van der Waals surface area contributed by atoms with Gasteiger partial charge in [-0.05, 0) is 50.6 Å².